The summed E-state index contributed by atoms with van der Waals surface area (Å²) >= 11 is 0. The van der Waals surface area contributed by atoms with Crippen molar-refractivity contribution in [1.29, 1.82) is 0 Å². The molecule has 0 N–H and O–H groups in total. The van der Waals surface area contributed by atoms with Gasteiger partial charge in [0.1, 0.15) is 11.2 Å². The minimum Gasteiger partial charge on any atom is -0.456 e. The minimum absolute atomic E-state index is 0.607. The average molecular weight is 566 g/mol. The molecule has 44 heavy (non-hydrogen) atoms. The molecule has 6 aromatic carbocycles. The van der Waals surface area contributed by atoms with Gasteiger partial charge in [-0.3, -0.25) is 0 Å². The van der Waals surface area contributed by atoms with E-state index in [0.717, 1.165) is 55.3 Å². The van der Waals surface area contributed by atoms with Crippen LogP contribution < -0.4 is 0 Å². The molecule has 0 aliphatic heterocycles. The van der Waals surface area contributed by atoms with Crippen LogP contribution in [0.1, 0.15) is 5.56 Å². The van der Waals surface area contributed by atoms with Gasteiger partial charge in [0, 0.05) is 27.5 Å². The van der Waals surface area contributed by atoms with Crippen LogP contribution in [-0.4, -0.2) is 15.0 Å². The summed E-state index contributed by atoms with van der Waals surface area (Å²) in [4.78, 5) is 15.0. The van der Waals surface area contributed by atoms with Crippen LogP contribution in [0, 0.1) is 6.92 Å². The lowest BCUT2D eigenvalue weighted by Crippen LogP contribution is -2.00. The lowest BCUT2D eigenvalue weighted by molar-refractivity contribution is 0.669. The van der Waals surface area contributed by atoms with Crippen molar-refractivity contribution in [3.8, 4) is 56.4 Å². The molecule has 0 bridgehead atoms. The van der Waals surface area contributed by atoms with Crippen LogP contribution in [0.2, 0.25) is 0 Å². The van der Waals surface area contributed by atoms with Crippen LogP contribution in [-0.2, 0) is 0 Å². The third-order valence-electron chi connectivity index (χ3n) is 8.04. The van der Waals surface area contributed by atoms with Crippen LogP contribution >= 0.6 is 0 Å². The standard InChI is InChI=1S/C40H27N3O/c1-26-15-17-29(18-16-26)32-23-24-35-34(25-32)37-33(13-8-14-36(37)44-35)40-42-38(30-11-6-3-7-12-30)41-39(43-40)31-21-19-28(20-22-31)27-9-4-2-5-10-27/h2-25H,1H3. The quantitative estimate of drug-likeness (QED) is 0.208. The number of aryl methyl sites for hydroxylation is 1. The minimum atomic E-state index is 0.607. The molecule has 208 valence electrons. The zero-order valence-corrected chi connectivity index (χ0v) is 24.1. The summed E-state index contributed by atoms with van der Waals surface area (Å²) in [7, 11) is 0. The van der Waals surface area contributed by atoms with Crippen LogP contribution in [0.3, 0.4) is 0 Å². The smallest absolute Gasteiger partial charge is 0.164 e. The van der Waals surface area contributed by atoms with Crippen molar-refractivity contribution in [3.05, 3.63) is 151 Å². The second kappa shape index (κ2) is 10.8. The van der Waals surface area contributed by atoms with Gasteiger partial charge in [0.05, 0.1) is 0 Å². The average Bonchev–Trinajstić information content (AvgIpc) is 3.47. The third kappa shape index (κ3) is 4.73. The van der Waals surface area contributed by atoms with Crippen molar-refractivity contribution in [2.24, 2.45) is 0 Å². The van der Waals surface area contributed by atoms with Crippen molar-refractivity contribution in [2.45, 2.75) is 6.92 Å². The van der Waals surface area contributed by atoms with Crippen molar-refractivity contribution in [2.75, 3.05) is 0 Å². The Morgan fingerprint density at radius 1 is 0.409 bits per heavy atom. The van der Waals surface area contributed by atoms with Gasteiger partial charge in [0.25, 0.3) is 0 Å². The largest absolute Gasteiger partial charge is 0.456 e. The number of fused-ring (bicyclic) bond motifs is 3. The Labute approximate surface area is 255 Å². The molecular formula is C40H27N3O. The molecule has 0 fully saturated rings. The van der Waals surface area contributed by atoms with E-state index in [1.807, 2.05) is 48.5 Å². The summed E-state index contributed by atoms with van der Waals surface area (Å²) in [5.41, 5.74) is 10.2. The van der Waals surface area contributed by atoms with Gasteiger partial charge >= 0.3 is 0 Å². The maximum absolute atomic E-state index is 6.34. The number of furan rings is 1. The van der Waals surface area contributed by atoms with Crippen molar-refractivity contribution < 1.29 is 4.42 Å². The summed E-state index contributed by atoms with van der Waals surface area (Å²) in [5.74, 6) is 1.86. The van der Waals surface area contributed by atoms with E-state index >= 15 is 0 Å². The Kier molecular flexibility index (Phi) is 6.31. The molecule has 2 aromatic heterocycles. The van der Waals surface area contributed by atoms with E-state index in [2.05, 4.69) is 104 Å². The monoisotopic (exact) mass is 565 g/mol. The van der Waals surface area contributed by atoms with E-state index in [1.165, 1.54) is 11.1 Å². The number of aromatic nitrogens is 3. The maximum atomic E-state index is 6.34. The molecule has 0 amide bonds. The fourth-order valence-electron chi connectivity index (χ4n) is 5.72. The van der Waals surface area contributed by atoms with E-state index in [9.17, 15) is 0 Å². The molecule has 0 saturated carbocycles. The van der Waals surface area contributed by atoms with Gasteiger partial charge in [-0.1, -0.05) is 133 Å². The fraction of sp³-hybridized carbons (Fsp3) is 0.0250. The first-order valence-corrected chi connectivity index (χ1v) is 14.7. The predicted molar refractivity (Wildman–Crippen MR) is 179 cm³/mol. The van der Waals surface area contributed by atoms with Gasteiger partial charge in [0.15, 0.2) is 17.5 Å². The molecule has 0 saturated heterocycles. The summed E-state index contributed by atoms with van der Waals surface area (Å²) in [6, 6.07) is 49.9. The first-order chi connectivity index (χ1) is 21.7. The third-order valence-corrected chi connectivity index (χ3v) is 8.04. The van der Waals surface area contributed by atoms with Gasteiger partial charge in [-0.15, -0.1) is 0 Å². The molecule has 0 spiro atoms. The van der Waals surface area contributed by atoms with E-state index in [4.69, 9.17) is 19.4 Å². The Bertz CT molecular complexity index is 2250. The Balaban J connectivity index is 1.31. The Morgan fingerprint density at radius 2 is 0.932 bits per heavy atom. The summed E-state index contributed by atoms with van der Waals surface area (Å²) < 4.78 is 6.34. The normalized spacial score (nSPS) is 11.3. The fourth-order valence-corrected chi connectivity index (χ4v) is 5.72. The number of rotatable bonds is 5. The SMILES string of the molecule is Cc1ccc(-c2ccc3oc4cccc(-c5nc(-c6ccccc6)nc(-c6ccc(-c7ccccc7)cc6)n5)c4c3c2)cc1. The zero-order chi connectivity index (χ0) is 29.5. The van der Waals surface area contributed by atoms with Crippen molar-refractivity contribution in [1.82, 2.24) is 15.0 Å². The highest BCUT2D eigenvalue weighted by Crippen LogP contribution is 2.38. The van der Waals surface area contributed by atoms with Gasteiger partial charge in [-0.05, 0) is 47.4 Å². The Morgan fingerprint density at radius 3 is 1.64 bits per heavy atom. The highest BCUT2D eigenvalue weighted by molar-refractivity contribution is 6.12. The topological polar surface area (TPSA) is 51.8 Å². The van der Waals surface area contributed by atoms with E-state index in [1.54, 1.807) is 0 Å². The first kappa shape index (κ1) is 25.8. The highest BCUT2D eigenvalue weighted by Gasteiger charge is 2.18. The van der Waals surface area contributed by atoms with E-state index in [-0.39, 0.29) is 0 Å². The van der Waals surface area contributed by atoms with E-state index in [0.29, 0.717) is 17.5 Å². The second-order valence-corrected chi connectivity index (χ2v) is 11.0. The van der Waals surface area contributed by atoms with Crippen LogP contribution in [0.15, 0.2) is 150 Å². The summed E-state index contributed by atoms with van der Waals surface area (Å²) in [6.45, 7) is 2.10. The highest BCUT2D eigenvalue weighted by atomic mass is 16.3. The lowest BCUT2D eigenvalue weighted by Gasteiger charge is -2.10. The van der Waals surface area contributed by atoms with Crippen LogP contribution in [0.25, 0.3) is 78.4 Å². The van der Waals surface area contributed by atoms with Gasteiger partial charge in [-0.25, -0.2) is 15.0 Å². The number of benzene rings is 6. The predicted octanol–water partition coefficient (Wildman–Crippen LogP) is 10.4. The van der Waals surface area contributed by atoms with Gasteiger partial charge in [-0.2, -0.15) is 0 Å². The lowest BCUT2D eigenvalue weighted by atomic mass is 10.00. The first-order valence-electron chi connectivity index (χ1n) is 14.7. The molecule has 2 heterocycles. The van der Waals surface area contributed by atoms with Gasteiger partial charge < -0.3 is 4.42 Å². The van der Waals surface area contributed by atoms with Gasteiger partial charge in [0.2, 0.25) is 0 Å². The summed E-state index contributed by atoms with van der Waals surface area (Å²) in [5, 5.41) is 2.02. The number of hydrogen-bond acceptors (Lipinski definition) is 4. The van der Waals surface area contributed by atoms with Crippen molar-refractivity contribution >= 4 is 21.9 Å². The second-order valence-electron chi connectivity index (χ2n) is 11.0. The molecule has 8 aromatic rings. The number of nitrogens with zero attached hydrogens (tertiary/aromatic N) is 3. The maximum Gasteiger partial charge on any atom is 0.164 e. The molecule has 8 rings (SSSR count). The summed E-state index contributed by atoms with van der Waals surface area (Å²) in [6.07, 6.45) is 0. The molecule has 0 unspecified atom stereocenters. The molecule has 0 radical (unpaired) electrons. The van der Waals surface area contributed by atoms with Crippen LogP contribution in [0.5, 0.6) is 0 Å². The molecule has 0 aliphatic rings. The zero-order valence-electron chi connectivity index (χ0n) is 24.1. The molecule has 4 nitrogen and oxygen atoms in total. The molecule has 0 atom stereocenters. The Hall–Kier alpha value is -5.87. The van der Waals surface area contributed by atoms with Crippen molar-refractivity contribution in [3.63, 3.8) is 0 Å². The van der Waals surface area contributed by atoms with Crippen LogP contribution in [0.4, 0.5) is 0 Å². The molecule has 0 aliphatic carbocycles. The molecular weight excluding hydrogens is 538 g/mol. The molecule has 4 heteroatoms. The number of hydrogen-bond donors (Lipinski definition) is 0. The van der Waals surface area contributed by atoms with E-state index < -0.39 is 0 Å².